The molecule has 0 radical (unpaired) electrons. The zero-order valence-electron chi connectivity index (χ0n) is 12.2. The monoisotopic (exact) mass is 279 g/mol. The predicted molar refractivity (Wildman–Crippen MR) is 75.6 cm³/mol. The van der Waals surface area contributed by atoms with Gasteiger partial charge in [0.25, 0.3) is 5.69 Å². The summed E-state index contributed by atoms with van der Waals surface area (Å²) in [7, 11) is 0. The van der Waals surface area contributed by atoms with E-state index in [1.807, 2.05) is 0 Å². The van der Waals surface area contributed by atoms with Gasteiger partial charge in [0.15, 0.2) is 0 Å². The number of aryl methyl sites for hydroxylation is 1. The van der Waals surface area contributed by atoms with Gasteiger partial charge in [-0.05, 0) is 32.7 Å². The predicted octanol–water partition coefficient (Wildman–Crippen LogP) is 2.12. The van der Waals surface area contributed by atoms with Crippen LogP contribution in [0.5, 0.6) is 0 Å². The lowest BCUT2D eigenvalue weighted by molar-refractivity contribution is -0.386. The Labute approximate surface area is 118 Å². The fraction of sp³-hybridized carbons (Fsp3) is 0.643. The van der Waals surface area contributed by atoms with E-state index in [0.29, 0.717) is 29.3 Å². The van der Waals surface area contributed by atoms with E-state index in [0.717, 1.165) is 19.5 Å². The largest absolute Gasteiger partial charge is 0.370 e. The number of hydrogen-bond donors (Lipinski definition) is 1. The van der Waals surface area contributed by atoms with E-state index in [1.54, 1.807) is 20.0 Å². The minimum absolute atomic E-state index is 0.144. The van der Waals surface area contributed by atoms with Crippen LogP contribution in [0.3, 0.4) is 0 Å². The molecular weight excluding hydrogens is 258 g/mol. The molecule has 0 saturated carbocycles. The van der Waals surface area contributed by atoms with Gasteiger partial charge in [-0.3, -0.25) is 15.1 Å². The fourth-order valence-electron chi connectivity index (χ4n) is 2.56. The van der Waals surface area contributed by atoms with Crippen molar-refractivity contribution in [2.45, 2.75) is 39.9 Å². The smallest absolute Gasteiger partial charge is 0.278 e. The molecule has 110 valence electrons. The van der Waals surface area contributed by atoms with Gasteiger partial charge in [0.05, 0.1) is 28.9 Å². The van der Waals surface area contributed by atoms with E-state index < -0.39 is 0 Å². The summed E-state index contributed by atoms with van der Waals surface area (Å²) >= 11 is 0. The van der Waals surface area contributed by atoms with Gasteiger partial charge in [-0.2, -0.15) is 0 Å². The van der Waals surface area contributed by atoms with Crippen LogP contribution in [0.2, 0.25) is 0 Å². The summed E-state index contributed by atoms with van der Waals surface area (Å²) in [6, 6.07) is 0. The molecule has 0 aromatic carbocycles. The SMILES string of the molecule is Cc1cnc(COC2CNCCC2C)c(C)c1[N+](=O)[O-]. The molecule has 0 bridgehead atoms. The molecule has 1 aromatic rings. The van der Waals surface area contributed by atoms with Gasteiger partial charge in [-0.25, -0.2) is 0 Å². The Balaban J connectivity index is 2.10. The first-order valence-electron chi connectivity index (χ1n) is 6.92. The minimum Gasteiger partial charge on any atom is -0.370 e. The third-order valence-electron chi connectivity index (χ3n) is 3.95. The van der Waals surface area contributed by atoms with Crippen molar-refractivity contribution in [2.75, 3.05) is 13.1 Å². The quantitative estimate of drug-likeness (QED) is 0.674. The number of ether oxygens (including phenoxy) is 1. The van der Waals surface area contributed by atoms with Crippen molar-refractivity contribution in [1.29, 1.82) is 0 Å². The number of nitrogens with zero attached hydrogens (tertiary/aromatic N) is 2. The highest BCUT2D eigenvalue weighted by atomic mass is 16.6. The highest BCUT2D eigenvalue weighted by molar-refractivity contribution is 5.47. The Bertz CT molecular complexity index is 505. The van der Waals surface area contributed by atoms with Gasteiger partial charge in [0.1, 0.15) is 0 Å². The average molecular weight is 279 g/mol. The van der Waals surface area contributed by atoms with E-state index in [2.05, 4.69) is 17.2 Å². The van der Waals surface area contributed by atoms with Crippen molar-refractivity contribution in [2.24, 2.45) is 5.92 Å². The first-order valence-corrected chi connectivity index (χ1v) is 6.92. The molecule has 20 heavy (non-hydrogen) atoms. The lowest BCUT2D eigenvalue weighted by atomic mass is 9.97. The Morgan fingerprint density at radius 2 is 2.30 bits per heavy atom. The van der Waals surface area contributed by atoms with Gasteiger partial charge in [0, 0.05) is 18.3 Å². The maximum absolute atomic E-state index is 11.1. The van der Waals surface area contributed by atoms with Crippen LogP contribution in [-0.2, 0) is 11.3 Å². The molecule has 1 aliphatic heterocycles. The third-order valence-corrected chi connectivity index (χ3v) is 3.95. The fourth-order valence-corrected chi connectivity index (χ4v) is 2.56. The zero-order valence-corrected chi connectivity index (χ0v) is 12.2. The molecule has 2 heterocycles. The lowest BCUT2D eigenvalue weighted by Crippen LogP contribution is -2.41. The van der Waals surface area contributed by atoms with Gasteiger partial charge < -0.3 is 10.1 Å². The topological polar surface area (TPSA) is 77.3 Å². The number of nitrogens with one attached hydrogen (secondary N) is 1. The van der Waals surface area contributed by atoms with Crippen molar-refractivity contribution < 1.29 is 9.66 Å². The van der Waals surface area contributed by atoms with Gasteiger partial charge in [0.2, 0.25) is 0 Å². The third kappa shape index (κ3) is 3.13. The summed E-state index contributed by atoms with van der Waals surface area (Å²) in [6.45, 7) is 7.78. The summed E-state index contributed by atoms with van der Waals surface area (Å²) in [5.74, 6) is 0.497. The molecule has 1 N–H and O–H groups in total. The first-order chi connectivity index (χ1) is 9.50. The number of aromatic nitrogens is 1. The van der Waals surface area contributed by atoms with Crippen LogP contribution in [0.15, 0.2) is 6.20 Å². The second-order valence-corrected chi connectivity index (χ2v) is 5.44. The van der Waals surface area contributed by atoms with Gasteiger partial charge in [-0.15, -0.1) is 0 Å². The molecule has 2 atom stereocenters. The summed E-state index contributed by atoms with van der Waals surface area (Å²) in [5.41, 5.74) is 1.99. The molecule has 2 rings (SSSR count). The Hall–Kier alpha value is -1.53. The number of hydrogen-bond acceptors (Lipinski definition) is 5. The van der Waals surface area contributed by atoms with Crippen LogP contribution >= 0.6 is 0 Å². The first kappa shape index (κ1) is 14.9. The van der Waals surface area contributed by atoms with Gasteiger partial charge in [-0.1, -0.05) is 6.92 Å². The molecule has 0 aliphatic carbocycles. The minimum atomic E-state index is -0.347. The molecule has 1 aliphatic rings. The molecule has 2 unspecified atom stereocenters. The van der Waals surface area contributed by atoms with E-state index in [1.165, 1.54) is 0 Å². The van der Waals surface area contributed by atoms with E-state index >= 15 is 0 Å². The maximum Gasteiger partial charge on any atom is 0.278 e. The van der Waals surface area contributed by atoms with Crippen LogP contribution in [0.4, 0.5) is 5.69 Å². The van der Waals surface area contributed by atoms with Crippen molar-refractivity contribution in [1.82, 2.24) is 10.3 Å². The molecule has 6 heteroatoms. The van der Waals surface area contributed by atoms with Crippen LogP contribution in [0.1, 0.15) is 30.2 Å². The van der Waals surface area contributed by atoms with Crippen molar-refractivity contribution in [3.8, 4) is 0 Å². The number of rotatable bonds is 4. The Morgan fingerprint density at radius 1 is 1.55 bits per heavy atom. The molecule has 1 aromatic heterocycles. The molecule has 1 fully saturated rings. The number of piperidine rings is 1. The summed E-state index contributed by atoms with van der Waals surface area (Å²) < 4.78 is 5.89. The van der Waals surface area contributed by atoms with Crippen molar-refractivity contribution >= 4 is 5.69 Å². The lowest BCUT2D eigenvalue weighted by Gasteiger charge is -2.29. The van der Waals surface area contributed by atoms with Gasteiger partial charge >= 0.3 is 0 Å². The van der Waals surface area contributed by atoms with Crippen molar-refractivity contribution in [3.05, 3.63) is 33.1 Å². The standard InChI is InChI=1S/C14H21N3O3/c1-9-4-5-15-7-13(9)20-8-12-11(3)14(17(18)19)10(2)6-16-12/h6,9,13,15H,4-5,7-8H2,1-3H3. The molecule has 1 saturated heterocycles. The second-order valence-electron chi connectivity index (χ2n) is 5.44. The van der Waals surface area contributed by atoms with Crippen LogP contribution < -0.4 is 5.32 Å². The maximum atomic E-state index is 11.1. The number of pyridine rings is 1. The molecular formula is C14H21N3O3. The zero-order chi connectivity index (χ0) is 14.7. The summed E-state index contributed by atoms with van der Waals surface area (Å²) in [4.78, 5) is 15.0. The summed E-state index contributed by atoms with van der Waals surface area (Å²) in [5, 5.41) is 14.4. The van der Waals surface area contributed by atoms with Crippen LogP contribution in [0, 0.1) is 29.9 Å². The van der Waals surface area contributed by atoms with E-state index in [9.17, 15) is 10.1 Å². The molecule has 0 spiro atoms. The van der Waals surface area contributed by atoms with Crippen LogP contribution in [-0.4, -0.2) is 29.1 Å². The normalized spacial score (nSPS) is 22.8. The Morgan fingerprint density at radius 3 is 2.95 bits per heavy atom. The highest BCUT2D eigenvalue weighted by Crippen LogP contribution is 2.25. The van der Waals surface area contributed by atoms with Crippen LogP contribution in [0.25, 0.3) is 0 Å². The van der Waals surface area contributed by atoms with E-state index in [-0.39, 0.29) is 16.7 Å². The summed E-state index contributed by atoms with van der Waals surface area (Å²) in [6.07, 6.45) is 2.78. The highest BCUT2D eigenvalue weighted by Gasteiger charge is 2.23. The van der Waals surface area contributed by atoms with E-state index in [4.69, 9.17) is 4.74 Å². The Kier molecular flexibility index (Phi) is 4.67. The molecule has 0 amide bonds. The average Bonchev–Trinajstić information content (AvgIpc) is 2.39. The van der Waals surface area contributed by atoms with Crippen molar-refractivity contribution in [3.63, 3.8) is 0 Å². The molecule has 6 nitrogen and oxygen atoms in total. The number of nitro groups is 1. The second kappa shape index (κ2) is 6.28.